The third-order valence-corrected chi connectivity index (χ3v) is 3.44. The third-order valence-electron chi connectivity index (χ3n) is 3.15. The van der Waals surface area contributed by atoms with Gasteiger partial charge >= 0.3 is 0 Å². The Morgan fingerprint density at radius 3 is 2.74 bits per heavy atom. The van der Waals surface area contributed by atoms with Crippen LogP contribution in [-0.4, -0.2) is 19.9 Å². The summed E-state index contributed by atoms with van der Waals surface area (Å²) in [4.78, 5) is 4.09. The van der Waals surface area contributed by atoms with Gasteiger partial charge in [-0.15, -0.1) is 0 Å². The summed E-state index contributed by atoms with van der Waals surface area (Å²) in [5.41, 5.74) is 2.49. The summed E-state index contributed by atoms with van der Waals surface area (Å²) in [6, 6.07) is 1.97. The molecule has 2 aromatic heterocycles. The second-order valence-electron chi connectivity index (χ2n) is 4.75. The lowest BCUT2D eigenvalue weighted by Crippen LogP contribution is -2.13. The molecule has 4 nitrogen and oxygen atoms in total. The molecular formula is C14H18ClN3O. The third kappa shape index (κ3) is 2.65. The smallest absolute Gasteiger partial charge is 0.123 e. The normalized spacial score (nSPS) is 12.9. The van der Waals surface area contributed by atoms with E-state index in [1.54, 1.807) is 23.3 Å². The molecule has 0 aromatic carbocycles. The van der Waals surface area contributed by atoms with Gasteiger partial charge in [-0.2, -0.15) is 5.10 Å². The van der Waals surface area contributed by atoms with E-state index in [9.17, 15) is 5.11 Å². The first-order valence-corrected chi connectivity index (χ1v) is 6.77. The van der Waals surface area contributed by atoms with E-state index in [1.165, 1.54) is 0 Å². The Balaban J connectivity index is 2.50. The lowest BCUT2D eigenvalue weighted by atomic mass is 10.0. The minimum absolute atomic E-state index is 0.143. The number of nitrogens with zero attached hydrogens (tertiary/aromatic N) is 3. The van der Waals surface area contributed by atoms with E-state index < -0.39 is 6.10 Å². The maximum Gasteiger partial charge on any atom is 0.123 e. The quantitative estimate of drug-likeness (QED) is 0.935. The van der Waals surface area contributed by atoms with Crippen molar-refractivity contribution in [3.63, 3.8) is 0 Å². The molecule has 1 unspecified atom stereocenters. The Morgan fingerprint density at radius 1 is 1.37 bits per heavy atom. The van der Waals surface area contributed by atoms with Gasteiger partial charge in [-0.3, -0.25) is 9.67 Å². The fourth-order valence-corrected chi connectivity index (χ4v) is 2.40. The predicted octanol–water partition coefficient (Wildman–Crippen LogP) is 3.16. The molecule has 0 saturated carbocycles. The van der Waals surface area contributed by atoms with Crippen LogP contribution in [0.25, 0.3) is 0 Å². The Labute approximate surface area is 118 Å². The molecule has 19 heavy (non-hydrogen) atoms. The molecule has 102 valence electrons. The molecule has 5 heteroatoms. The maximum atomic E-state index is 10.6. The van der Waals surface area contributed by atoms with Crippen molar-refractivity contribution in [2.75, 3.05) is 0 Å². The largest absolute Gasteiger partial charge is 0.382 e. The van der Waals surface area contributed by atoms with E-state index in [1.807, 2.05) is 26.8 Å². The number of halogens is 1. The summed E-state index contributed by atoms with van der Waals surface area (Å²) in [6.07, 6.45) is 5.07. The van der Waals surface area contributed by atoms with E-state index in [4.69, 9.17) is 11.6 Å². The van der Waals surface area contributed by atoms with Crippen molar-refractivity contribution < 1.29 is 5.11 Å². The van der Waals surface area contributed by atoms with Crippen molar-refractivity contribution in [1.29, 1.82) is 0 Å². The molecular weight excluding hydrogens is 262 g/mol. The molecule has 1 atom stereocenters. The van der Waals surface area contributed by atoms with Gasteiger partial charge in [0, 0.05) is 18.4 Å². The van der Waals surface area contributed by atoms with Crippen molar-refractivity contribution in [2.45, 2.75) is 39.3 Å². The van der Waals surface area contributed by atoms with Crippen molar-refractivity contribution in [1.82, 2.24) is 14.8 Å². The summed E-state index contributed by atoms with van der Waals surface area (Å²) in [7, 11) is 0. The van der Waals surface area contributed by atoms with Crippen LogP contribution in [-0.2, 0) is 6.42 Å². The van der Waals surface area contributed by atoms with Crippen molar-refractivity contribution in [2.24, 2.45) is 0 Å². The van der Waals surface area contributed by atoms with Crippen molar-refractivity contribution in [3.8, 4) is 0 Å². The molecule has 1 N–H and O–H groups in total. The molecule has 0 spiro atoms. The highest BCUT2D eigenvalue weighted by Crippen LogP contribution is 2.31. The average molecular weight is 280 g/mol. The molecule has 0 aliphatic heterocycles. The zero-order valence-corrected chi connectivity index (χ0v) is 12.1. The number of aryl methyl sites for hydroxylation is 1. The van der Waals surface area contributed by atoms with Crippen LogP contribution in [0.4, 0.5) is 0 Å². The van der Waals surface area contributed by atoms with E-state index in [-0.39, 0.29) is 6.04 Å². The summed E-state index contributed by atoms with van der Waals surface area (Å²) >= 11 is 6.17. The van der Waals surface area contributed by atoms with Crippen LogP contribution < -0.4 is 0 Å². The van der Waals surface area contributed by atoms with Gasteiger partial charge < -0.3 is 5.11 Å². The number of hydrogen-bond donors (Lipinski definition) is 1. The van der Waals surface area contributed by atoms with Gasteiger partial charge in [-0.1, -0.05) is 18.5 Å². The van der Waals surface area contributed by atoms with Crippen molar-refractivity contribution >= 4 is 11.6 Å². The number of hydrogen-bond acceptors (Lipinski definition) is 3. The Morgan fingerprint density at radius 2 is 2.11 bits per heavy atom. The lowest BCUT2D eigenvalue weighted by Gasteiger charge is -2.18. The van der Waals surface area contributed by atoms with Gasteiger partial charge in [0.2, 0.25) is 0 Å². The van der Waals surface area contributed by atoms with Gasteiger partial charge in [0.15, 0.2) is 0 Å². The Kier molecular flexibility index (Phi) is 4.22. The second kappa shape index (κ2) is 5.72. The van der Waals surface area contributed by atoms with Crippen molar-refractivity contribution in [3.05, 3.63) is 46.5 Å². The highest BCUT2D eigenvalue weighted by Gasteiger charge is 2.22. The number of pyridine rings is 1. The molecule has 0 fully saturated rings. The highest BCUT2D eigenvalue weighted by molar-refractivity contribution is 6.31. The monoisotopic (exact) mass is 279 g/mol. The summed E-state index contributed by atoms with van der Waals surface area (Å²) in [6.45, 7) is 6.05. The Bertz CT molecular complexity index is 566. The first-order valence-electron chi connectivity index (χ1n) is 6.40. The fraction of sp³-hybridized carbons (Fsp3) is 0.429. The standard InChI is InChI=1S/C14H18ClN3O/c1-4-10-7-16-6-5-11(10)14(19)13-12(15)8-17-18(13)9(2)3/h5-9,14,19H,4H2,1-3H3. The number of aliphatic hydroxyl groups is 1. The van der Waals surface area contributed by atoms with Crippen LogP contribution >= 0.6 is 11.6 Å². The molecule has 0 amide bonds. The van der Waals surface area contributed by atoms with Gasteiger partial charge in [-0.05, 0) is 37.5 Å². The number of aliphatic hydroxyl groups excluding tert-OH is 1. The molecule has 2 rings (SSSR count). The van der Waals surface area contributed by atoms with Gasteiger partial charge in [-0.25, -0.2) is 0 Å². The van der Waals surface area contributed by atoms with Crippen LogP contribution in [0.15, 0.2) is 24.7 Å². The van der Waals surface area contributed by atoms with Crippen LogP contribution in [0.1, 0.15) is 49.7 Å². The van der Waals surface area contributed by atoms with Gasteiger partial charge in [0.05, 0.1) is 16.9 Å². The topological polar surface area (TPSA) is 50.9 Å². The van der Waals surface area contributed by atoms with Crippen LogP contribution in [0.5, 0.6) is 0 Å². The van der Waals surface area contributed by atoms with E-state index in [0.29, 0.717) is 10.7 Å². The number of rotatable bonds is 4. The lowest BCUT2D eigenvalue weighted by molar-refractivity contribution is 0.204. The van der Waals surface area contributed by atoms with Gasteiger partial charge in [0.1, 0.15) is 6.10 Å². The first-order chi connectivity index (χ1) is 9.06. The summed E-state index contributed by atoms with van der Waals surface area (Å²) in [5.74, 6) is 0. The first kappa shape index (κ1) is 14.0. The maximum absolute atomic E-state index is 10.6. The molecule has 0 aliphatic carbocycles. The molecule has 2 heterocycles. The predicted molar refractivity (Wildman–Crippen MR) is 75.3 cm³/mol. The summed E-state index contributed by atoms with van der Waals surface area (Å²) in [5, 5.41) is 15.3. The Hall–Kier alpha value is -1.39. The summed E-state index contributed by atoms with van der Waals surface area (Å²) < 4.78 is 1.76. The molecule has 0 saturated heterocycles. The SMILES string of the molecule is CCc1cnccc1C(O)c1c(Cl)cnn1C(C)C. The zero-order valence-electron chi connectivity index (χ0n) is 11.3. The van der Waals surface area contributed by atoms with Gasteiger partial charge in [0.25, 0.3) is 0 Å². The van der Waals surface area contributed by atoms with E-state index in [0.717, 1.165) is 17.5 Å². The second-order valence-corrected chi connectivity index (χ2v) is 5.15. The van der Waals surface area contributed by atoms with E-state index >= 15 is 0 Å². The van der Waals surface area contributed by atoms with E-state index in [2.05, 4.69) is 10.1 Å². The molecule has 0 radical (unpaired) electrons. The van der Waals surface area contributed by atoms with Crippen LogP contribution in [0.2, 0.25) is 5.02 Å². The zero-order chi connectivity index (χ0) is 14.0. The van der Waals surface area contributed by atoms with Crippen LogP contribution in [0, 0.1) is 0 Å². The molecule has 0 bridgehead atoms. The molecule has 2 aromatic rings. The fourth-order valence-electron chi connectivity index (χ4n) is 2.17. The number of aromatic nitrogens is 3. The minimum Gasteiger partial charge on any atom is -0.382 e. The molecule has 0 aliphatic rings. The highest BCUT2D eigenvalue weighted by atomic mass is 35.5. The average Bonchev–Trinajstić information content (AvgIpc) is 2.80. The van der Waals surface area contributed by atoms with Crippen LogP contribution in [0.3, 0.4) is 0 Å². The minimum atomic E-state index is -0.782.